The second-order valence-corrected chi connectivity index (χ2v) is 10.6. The Bertz CT molecular complexity index is 1350. The predicted octanol–water partition coefficient (Wildman–Crippen LogP) is 5.06. The standard InChI is InChI=1S/C24H23ClFN3O4S/c1-24(2,3)15-7-9-16(10-8-15)34(32,33)28-19-12-11-18(25)17(14-30)21(19)23(31)29(4)20-6-5-13-27-22(20)26/h5-14,28H,1-4H3. The number of anilines is 2. The molecule has 1 amide bonds. The van der Waals surface area contributed by atoms with Gasteiger partial charge in [0.15, 0.2) is 6.29 Å². The molecule has 1 heterocycles. The molecule has 0 bridgehead atoms. The summed E-state index contributed by atoms with van der Waals surface area (Å²) in [4.78, 5) is 29.5. The number of carbonyl (C=O) groups excluding carboxylic acids is 2. The van der Waals surface area contributed by atoms with Gasteiger partial charge in [0.05, 0.1) is 26.9 Å². The largest absolute Gasteiger partial charge is 0.307 e. The van der Waals surface area contributed by atoms with Crippen LogP contribution in [-0.2, 0) is 15.4 Å². The Balaban J connectivity index is 2.07. The Labute approximate surface area is 202 Å². The second-order valence-electron chi connectivity index (χ2n) is 8.56. The molecule has 0 saturated carbocycles. The maximum Gasteiger partial charge on any atom is 0.261 e. The van der Waals surface area contributed by atoms with Crippen LogP contribution >= 0.6 is 11.6 Å². The van der Waals surface area contributed by atoms with E-state index in [1.54, 1.807) is 12.1 Å². The number of aldehydes is 1. The van der Waals surface area contributed by atoms with Crippen molar-refractivity contribution in [1.29, 1.82) is 0 Å². The molecule has 0 spiro atoms. The van der Waals surface area contributed by atoms with E-state index in [-0.39, 0.29) is 37.8 Å². The summed E-state index contributed by atoms with van der Waals surface area (Å²) in [7, 11) is -2.85. The quantitative estimate of drug-likeness (QED) is 0.374. The van der Waals surface area contributed by atoms with Crippen molar-refractivity contribution in [3.63, 3.8) is 0 Å². The number of benzene rings is 2. The molecule has 0 fully saturated rings. The van der Waals surface area contributed by atoms with Crippen LogP contribution in [0.1, 0.15) is 47.1 Å². The SMILES string of the molecule is CN(C(=O)c1c(NS(=O)(=O)c2ccc(C(C)(C)C)cc2)ccc(Cl)c1C=O)c1cccnc1F. The minimum absolute atomic E-state index is 0.0341. The van der Waals surface area contributed by atoms with Crippen molar-refractivity contribution in [2.45, 2.75) is 31.1 Å². The number of amides is 1. The molecule has 0 aliphatic carbocycles. The first kappa shape index (κ1) is 25.3. The molecule has 0 aliphatic rings. The first-order valence-electron chi connectivity index (χ1n) is 10.2. The summed E-state index contributed by atoms with van der Waals surface area (Å²) in [6.45, 7) is 6.01. The summed E-state index contributed by atoms with van der Waals surface area (Å²) in [5, 5.41) is -0.0594. The molecular formula is C24H23ClFN3O4S. The zero-order valence-electron chi connectivity index (χ0n) is 19.0. The van der Waals surface area contributed by atoms with Gasteiger partial charge in [0.25, 0.3) is 15.9 Å². The molecular weight excluding hydrogens is 481 g/mol. The van der Waals surface area contributed by atoms with Gasteiger partial charge in [-0.2, -0.15) is 4.39 Å². The maximum atomic E-state index is 14.2. The zero-order valence-corrected chi connectivity index (χ0v) is 20.5. The second kappa shape index (κ2) is 9.52. The fourth-order valence-corrected chi connectivity index (χ4v) is 4.54. The summed E-state index contributed by atoms with van der Waals surface area (Å²) in [5.41, 5.74) is -0.105. The molecule has 3 rings (SSSR count). The molecule has 0 saturated heterocycles. The first-order chi connectivity index (χ1) is 15.9. The molecule has 1 N–H and O–H groups in total. The third-order valence-electron chi connectivity index (χ3n) is 5.20. The van der Waals surface area contributed by atoms with E-state index in [0.717, 1.165) is 10.5 Å². The van der Waals surface area contributed by atoms with E-state index < -0.39 is 21.9 Å². The van der Waals surface area contributed by atoms with Crippen LogP contribution in [0.25, 0.3) is 0 Å². The minimum atomic E-state index is -4.13. The van der Waals surface area contributed by atoms with Crippen LogP contribution < -0.4 is 9.62 Å². The van der Waals surface area contributed by atoms with Crippen molar-refractivity contribution in [2.24, 2.45) is 0 Å². The number of carbonyl (C=O) groups is 2. The van der Waals surface area contributed by atoms with E-state index in [2.05, 4.69) is 9.71 Å². The topological polar surface area (TPSA) is 96.4 Å². The lowest BCUT2D eigenvalue weighted by atomic mass is 9.87. The summed E-state index contributed by atoms with van der Waals surface area (Å²) in [6.07, 6.45) is 1.57. The van der Waals surface area contributed by atoms with Crippen LogP contribution in [0.4, 0.5) is 15.8 Å². The Morgan fingerprint density at radius 3 is 2.32 bits per heavy atom. The molecule has 2 aromatic carbocycles. The van der Waals surface area contributed by atoms with E-state index >= 15 is 0 Å². The van der Waals surface area contributed by atoms with E-state index in [9.17, 15) is 22.4 Å². The van der Waals surface area contributed by atoms with Crippen LogP contribution in [0.2, 0.25) is 5.02 Å². The fourth-order valence-electron chi connectivity index (χ4n) is 3.27. The Morgan fingerprint density at radius 2 is 1.76 bits per heavy atom. The summed E-state index contributed by atoms with van der Waals surface area (Å²) < 4.78 is 42.7. The highest BCUT2D eigenvalue weighted by molar-refractivity contribution is 7.92. The summed E-state index contributed by atoms with van der Waals surface area (Å²) in [5.74, 6) is -1.76. The lowest BCUT2D eigenvalue weighted by molar-refractivity contribution is 0.0986. The van der Waals surface area contributed by atoms with Crippen LogP contribution in [0, 0.1) is 5.95 Å². The smallest absolute Gasteiger partial charge is 0.261 e. The minimum Gasteiger partial charge on any atom is -0.307 e. The number of rotatable bonds is 6. The predicted molar refractivity (Wildman–Crippen MR) is 130 cm³/mol. The van der Waals surface area contributed by atoms with Crippen molar-refractivity contribution >= 4 is 45.2 Å². The highest BCUT2D eigenvalue weighted by Gasteiger charge is 2.27. The lowest BCUT2D eigenvalue weighted by Gasteiger charge is -2.22. The van der Waals surface area contributed by atoms with Gasteiger partial charge < -0.3 is 4.90 Å². The number of sulfonamides is 1. The van der Waals surface area contributed by atoms with Crippen molar-refractivity contribution in [3.05, 3.63) is 82.4 Å². The first-order valence-corrected chi connectivity index (χ1v) is 12.0. The Hall–Kier alpha value is -3.30. The lowest BCUT2D eigenvalue weighted by Crippen LogP contribution is -2.30. The molecule has 7 nitrogen and oxygen atoms in total. The van der Waals surface area contributed by atoms with Crippen molar-refractivity contribution in [2.75, 3.05) is 16.7 Å². The van der Waals surface area contributed by atoms with Gasteiger partial charge in [-0.1, -0.05) is 44.5 Å². The number of halogens is 2. The Kier molecular flexibility index (Phi) is 7.09. The average molecular weight is 504 g/mol. The molecule has 0 aliphatic heterocycles. The van der Waals surface area contributed by atoms with Gasteiger partial charge in [-0.25, -0.2) is 13.4 Å². The van der Waals surface area contributed by atoms with Crippen LogP contribution in [0.3, 0.4) is 0 Å². The maximum absolute atomic E-state index is 14.2. The van der Waals surface area contributed by atoms with Crippen molar-refractivity contribution < 1.29 is 22.4 Å². The van der Waals surface area contributed by atoms with Crippen LogP contribution in [-0.4, -0.2) is 32.6 Å². The van der Waals surface area contributed by atoms with Gasteiger partial charge in [0.1, 0.15) is 0 Å². The molecule has 10 heteroatoms. The number of nitrogens with one attached hydrogen (secondary N) is 1. The molecule has 1 aromatic heterocycles. The molecule has 34 heavy (non-hydrogen) atoms. The number of nitrogens with zero attached hydrogens (tertiary/aromatic N) is 2. The van der Waals surface area contributed by atoms with Gasteiger partial charge >= 0.3 is 0 Å². The summed E-state index contributed by atoms with van der Waals surface area (Å²) >= 11 is 6.11. The van der Waals surface area contributed by atoms with Crippen LogP contribution in [0.15, 0.2) is 59.6 Å². The van der Waals surface area contributed by atoms with E-state index in [0.29, 0.717) is 6.29 Å². The number of pyridine rings is 1. The summed E-state index contributed by atoms with van der Waals surface area (Å²) in [6, 6.07) is 11.7. The molecule has 0 atom stereocenters. The van der Waals surface area contributed by atoms with Crippen molar-refractivity contribution in [1.82, 2.24) is 4.98 Å². The van der Waals surface area contributed by atoms with Crippen molar-refractivity contribution in [3.8, 4) is 0 Å². The average Bonchev–Trinajstić information content (AvgIpc) is 2.78. The third kappa shape index (κ3) is 5.10. The van der Waals surface area contributed by atoms with E-state index in [1.165, 1.54) is 49.6 Å². The molecule has 3 aromatic rings. The van der Waals surface area contributed by atoms with E-state index in [4.69, 9.17) is 11.6 Å². The van der Waals surface area contributed by atoms with Crippen LogP contribution in [0.5, 0.6) is 0 Å². The van der Waals surface area contributed by atoms with Gasteiger partial charge in [-0.15, -0.1) is 0 Å². The highest BCUT2D eigenvalue weighted by Crippen LogP contribution is 2.31. The van der Waals surface area contributed by atoms with Gasteiger partial charge in [-0.3, -0.25) is 14.3 Å². The number of hydrogen-bond donors (Lipinski definition) is 1. The van der Waals surface area contributed by atoms with E-state index in [1.807, 2.05) is 20.8 Å². The number of hydrogen-bond acceptors (Lipinski definition) is 5. The monoisotopic (exact) mass is 503 g/mol. The molecule has 0 radical (unpaired) electrons. The number of aromatic nitrogens is 1. The fraction of sp³-hybridized carbons (Fsp3) is 0.208. The third-order valence-corrected chi connectivity index (χ3v) is 6.92. The Morgan fingerprint density at radius 1 is 1.12 bits per heavy atom. The molecule has 0 unspecified atom stereocenters. The van der Waals surface area contributed by atoms with Gasteiger partial charge in [-0.05, 0) is 47.4 Å². The zero-order chi connectivity index (χ0) is 25.3. The normalized spacial score (nSPS) is 11.7. The van der Waals surface area contributed by atoms with Gasteiger partial charge in [0, 0.05) is 18.8 Å². The highest BCUT2D eigenvalue weighted by atomic mass is 35.5. The van der Waals surface area contributed by atoms with Gasteiger partial charge in [0.2, 0.25) is 5.95 Å². The molecule has 178 valence electrons.